The largest absolute Gasteiger partial charge is 0.339 e. The number of likely N-dealkylation sites (N-methyl/N-ethyl adjacent to an activating group) is 1. The number of nitrogens with one attached hydrogen (secondary N) is 1. The molecule has 1 heterocycles. The van der Waals surface area contributed by atoms with Crippen LogP contribution in [0.2, 0.25) is 0 Å². The van der Waals surface area contributed by atoms with Gasteiger partial charge in [0.2, 0.25) is 5.89 Å². The maximum atomic E-state index is 5.45. The molecule has 17 heavy (non-hydrogen) atoms. The van der Waals surface area contributed by atoms with Gasteiger partial charge in [0, 0.05) is 12.0 Å². The van der Waals surface area contributed by atoms with E-state index < -0.39 is 0 Å². The van der Waals surface area contributed by atoms with Crippen molar-refractivity contribution >= 4 is 0 Å². The van der Waals surface area contributed by atoms with Crippen LogP contribution in [0.4, 0.5) is 0 Å². The van der Waals surface area contributed by atoms with Crippen molar-refractivity contribution < 1.29 is 4.52 Å². The summed E-state index contributed by atoms with van der Waals surface area (Å²) in [5.74, 6) is 2.59. The van der Waals surface area contributed by atoms with Crippen molar-refractivity contribution in [3.8, 4) is 0 Å². The van der Waals surface area contributed by atoms with Crippen LogP contribution in [0.1, 0.15) is 69.5 Å². The second-order valence-electron chi connectivity index (χ2n) is 5.06. The Hall–Kier alpha value is -0.900. The molecule has 0 radical (unpaired) electrons. The van der Waals surface area contributed by atoms with Gasteiger partial charge in [0.15, 0.2) is 5.82 Å². The van der Waals surface area contributed by atoms with E-state index in [4.69, 9.17) is 4.52 Å². The minimum absolute atomic E-state index is 0.322. The van der Waals surface area contributed by atoms with E-state index in [1.807, 2.05) is 7.05 Å². The van der Waals surface area contributed by atoms with E-state index in [2.05, 4.69) is 29.3 Å². The molecule has 1 aliphatic carbocycles. The number of hydrogen-bond donors (Lipinski definition) is 1. The molecule has 2 atom stereocenters. The highest BCUT2D eigenvalue weighted by molar-refractivity contribution is 5.02. The third-order valence-corrected chi connectivity index (χ3v) is 3.99. The SMILES string of the molecule is CCC(c1nc(C2CCCC2)no1)C(C)NC. The Morgan fingerprint density at radius 1 is 1.41 bits per heavy atom. The molecular formula is C13H23N3O. The first-order valence-electron chi connectivity index (χ1n) is 6.77. The van der Waals surface area contributed by atoms with Gasteiger partial charge in [-0.2, -0.15) is 4.98 Å². The Labute approximate surface area is 103 Å². The first-order valence-corrected chi connectivity index (χ1v) is 6.77. The zero-order valence-corrected chi connectivity index (χ0v) is 11.1. The van der Waals surface area contributed by atoms with Crippen molar-refractivity contribution in [2.45, 2.75) is 63.8 Å². The molecule has 1 N–H and O–H groups in total. The van der Waals surface area contributed by atoms with Crippen LogP contribution in [0, 0.1) is 0 Å². The lowest BCUT2D eigenvalue weighted by Crippen LogP contribution is -2.28. The molecule has 0 bridgehead atoms. The lowest BCUT2D eigenvalue weighted by atomic mass is 9.98. The van der Waals surface area contributed by atoms with Crippen LogP contribution in [-0.2, 0) is 0 Å². The zero-order chi connectivity index (χ0) is 12.3. The lowest BCUT2D eigenvalue weighted by molar-refractivity contribution is 0.318. The van der Waals surface area contributed by atoms with E-state index in [-0.39, 0.29) is 0 Å². The van der Waals surface area contributed by atoms with Gasteiger partial charge in [0.05, 0.1) is 5.92 Å². The summed E-state index contributed by atoms with van der Waals surface area (Å²) >= 11 is 0. The Kier molecular flexibility index (Phi) is 4.15. The Morgan fingerprint density at radius 3 is 2.71 bits per heavy atom. The molecule has 0 saturated heterocycles. The quantitative estimate of drug-likeness (QED) is 0.855. The van der Waals surface area contributed by atoms with Crippen molar-refractivity contribution in [1.82, 2.24) is 15.5 Å². The summed E-state index contributed by atoms with van der Waals surface area (Å²) in [6, 6.07) is 0.372. The van der Waals surface area contributed by atoms with Crippen LogP contribution in [0.5, 0.6) is 0 Å². The highest BCUT2D eigenvalue weighted by Crippen LogP contribution is 2.33. The highest BCUT2D eigenvalue weighted by Gasteiger charge is 2.26. The standard InChI is InChI=1S/C13H23N3O/c1-4-11(9(2)14-3)13-15-12(16-17-13)10-7-5-6-8-10/h9-11,14H,4-8H2,1-3H3. The summed E-state index contributed by atoms with van der Waals surface area (Å²) in [7, 11) is 1.97. The smallest absolute Gasteiger partial charge is 0.231 e. The molecule has 1 aromatic rings. The summed E-state index contributed by atoms with van der Waals surface area (Å²) < 4.78 is 5.45. The third kappa shape index (κ3) is 2.68. The van der Waals surface area contributed by atoms with Gasteiger partial charge >= 0.3 is 0 Å². The molecule has 0 spiro atoms. The summed E-state index contributed by atoms with van der Waals surface area (Å²) in [6.45, 7) is 4.32. The van der Waals surface area contributed by atoms with Gasteiger partial charge in [-0.05, 0) is 33.2 Å². The molecule has 0 aromatic carbocycles. The molecule has 1 fully saturated rings. The van der Waals surface area contributed by atoms with Gasteiger partial charge in [-0.1, -0.05) is 24.9 Å². The molecule has 1 aliphatic rings. The molecule has 2 rings (SSSR count). The Balaban J connectivity index is 2.10. The molecule has 0 amide bonds. The van der Waals surface area contributed by atoms with E-state index in [0.717, 1.165) is 18.1 Å². The normalized spacial score (nSPS) is 20.6. The van der Waals surface area contributed by atoms with E-state index in [1.54, 1.807) is 0 Å². The van der Waals surface area contributed by atoms with E-state index in [9.17, 15) is 0 Å². The number of aromatic nitrogens is 2. The predicted octanol–water partition coefficient (Wildman–Crippen LogP) is 2.83. The van der Waals surface area contributed by atoms with E-state index in [1.165, 1.54) is 25.7 Å². The Morgan fingerprint density at radius 2 is 2.12 bits per heavy atom. The second kappa shape index (κ2) is 5.63. The van der Waals surface area contributed by atoms with Crippen LogP contribution in [0.25, 0.3) is 0 Å². The van der Waals surface area contributed by atoms with Gasteiger partial charge in [-0.3, -0.25) is 0 Å². The van der Waals surface area contributed by atoms with Gasteiger partial charge in [0.25, 0.3) is 0 Å². The molecule has 4 heteroatoms. The van der Waals surface area contributed by atoms with Crippen molar-refractivity contribution in [3.63, 3.8) is 0 Å². The van der Waals surface area contributed by atoms with Gasteiger partial charge in [0.1, 0.15) is 0 Å². The molecule has 4 nitrogen and oxygen atoms in total. The average Bonchev–Trinajstić information content (AvgIpc) is 2.99. The first-order chi connectivity index (χ1) is 8.26. The summed E-state index contributed by atoms with van der Waals surface area (Å²) in [6.07, 6.45) is 6.07. The molecule has 1 saturated carbocycles. The number of hydrogen-bond acceptors (Lipinski definition) is 4. The lowest BCUT2D eigenvalue weighted by Gasteiger charge is -2.17. The maximum Gasteiger partial charge on any atom is 0.231 e. The van der Waals surface area contributed by atoms with Crippen molar-refractivity contribution in [2.75, 3.05) is 7.05 Å². The fourth-order valence-corrected chi connectivity index (χ4v) is 2.69. The summed E-state index contributed by atoms with van der Waals surface area (Å²) in [4.78, 5) is 4.61. The molecule has 96 valence electrons. The van der Waals surface area contributed by atoms with Crippen LogP contribution >= 0.6 is 0 Å². The zero-order valence-electron chi connectivity index (χ0n) is 11.1. The summed E-state index contributed by atoms with van der Waals surface area (Å²) in [5, 5.41) is 7.44. The molecular weight excluding hydrogens is 214 g/mol. The average molecular weight is 237 g/mol. The molecule has 0 aliphatic heterocycles. The minimum Gasteiger partial charge on any atom is -0.339 e. The first kappa shape index (κ1) is 12.6. The highest BCUT2D eigenvalue weighted by atomic mass is 16.5. The van der Waals surface area contributed by atoms with Crippen molar-refractivity contribution in [3.05, 3.63) is 11.7 Å². The van der Waals surface area contributed by atoms with Crippen LogP contribution < -0.4 is 5.32 Å². The molecule has 1 aromatic heterocycles. The summed E-state index contributed by atoms with van der Waals surface area (Å²) in [5.41, 5.74) is 0. The van der Waals surface area contributed by atoms with Crippen molar-refractivity contribution in [2.24, 2.45) is 0 Å². The van der Waals surface area contributed by atoms with Crippen LogP contribution in [0.15, 0.2) is 4.52 Å². The number of nitrogens with zero attached hydrogens (tertiary/aromatic N) is 2. The van der Waals surface area contributed by atoms with Gasteiger partial charge in [-0.25, -0.2) is 0 Å². The Bertz CT molecular complexity index is 344. The third-order valence-electron chi connectivity index (χ3n) is 3.99. The van der Waals surface area contributed by atoms with Gasteiger partial charge in [-0.15, -0.1) is 0 Å². The topological polar surface area (TPSA) is 51.0 Å². The van der Waals surface area contributed by atoms with Crippen LogP contribution in [-0.4, -0.2) is 23.2 Å². The fraction of sp³-hybridized carbons (Fsp3) is 0.846. The number of rotatable bonds is 5. The minimum atomic E-state index is 0.322. The van der Waals surface area contributed by atoms with E-state index in [0.29, 0.717) is 17.9 Å². The monoisotopic (exact) mass is 237 g/mol. The van der Waals surface area contributed by atoms with Crippen molar-refractivity contribution in [1.29, 1.82) is 0 Å². The maximum absolute atomic E-state index is 5.45. The fourth-order valence-electron chi connectivity index (χ4n) is 2.69. The molecule has 2 unspecified atom stereocenters. The predicted molar refractivity (Wildman–Crippen MR) is 67.1 cm³/mol. The van der Waals surface area contributed by atoms with Crippen LogP contribution in [0.3, 0.4) is 0 Å². The second-order valence-corrected chi connectivity index (χ2v) is 5.06. The van der Waals surface area contributed by atoms with Gasteiger partial charge < -0.3 is 9.84 Å². The van der Waals surface area contributed by atoms with E-state index >= 15 is 0 Å².